The van der Waals surface area contributed by atoms with Crippen LogP contribution < -0.4 is 9.62 Å². The van der Waals surface area contributed by atoms with E-state index in [2.05, 4.69) is 5.32 Å². The van der Waals surface area contributed by atoms with Crippen molar-refractivity contribution in [1.82, 2.24) is 10.2 Å². The number of carbonyl (C=O) groups is 2. The summed E-state index contributed by atoms with van der Waals surface area (Å²) in [6.07, 6.45) is 1.44. The van der Waals surface area contributed by atoms with Crippen LogP contribution in [0.4, 0.5) is 5.69 Å². The van der Waals surface area contributed by atoms with E-state index in [9.17, 15) is 18.0 Å². The SMILES string of the molecule is CC[C@@H](C(=O)NC(C)(C)C)N(Cc1ccc(Cl)cc1)C(=O)CN(c1ccc(C)c(C)c1)S(C)(=O)=O. The monoisotopic (exact) mass is 521 g/mol. The van der Waals surface area contributed by atoms with Gasteiger partial charge in [-0.05, 0) is 82.0 Å². The molecule has 0 aromatic heterocycles. The fraction of sp³-hybridized carbons (Fsp3) is 0.462. The van der Waals surface area contributed by atoms with Crippen LogP contribution in [0, 0.1) is 13.8 Å². The van der Waals surface area contributed by atoms with Crippen molar-refractivity contribution >= 4 is 39.1 Å². The quantitative estimate of drug-likeness (QED) is 0.528. The number of aryl methyl sites for hydroxylation is 2. The molecule has 0 fully saturated rings. The smallest absolute Gasteiger partial charge is 0.244 e. The Kier molecular flexibility index (Phi) is 9.36. The van der Waals surface area contributed by atoms with E-state index in [1.54, 1.807) is 36.4 Å². The predicted molar refractivity (Wildman–Crippen MR) is 142 cm³/mol. The summed E-state index contributed by atoms with van der Waals surface area (Å²) in [4.78, 5) is 28.3. The molecule has 192 valence electrons. The number of nitrogens with zero attached hydrogens (tertiary/aromatic N) is 2. The fourth-order valence-electron chi connectivity index (χ4n) is 3.65. The highest BCUT2D eigenvalue weighted by atomic mass is 35.5. The zero-order valence-corrected chi connectivity index (χ0v) is 23.1. The molecule has 1 N–H and O–H groups in total. The number of amides is 2. The molecule has 35 heavy (non-hydrogen) atoms. The average Bonchev–Trinajstić information content (AvgIpc) is 2.73. The lowest BCUT2D eigenvalue weighted by molar-refractivity contribution is -0.141. The highest BCUT2D eigenvalue weighted by Gasteiger charge is 2.33. The third-order valence-corrected chi connectivity index (χ3v) is 7.00. The molecule has 2 rings (SSSR count). The minimum Gasteiger partial charge on any atom is -0.350 e. The number of carbonyl (C=O) groups excluding carboxylic acids is 2. The maximum atomic E-state index is 13.7. The first-order valence-electron chi connectivity index (χ1n) is 11.5. The zero-order valence-electron chi connectivity index (χ0n) is 21.6. The Morgan fingerprint density at radius 2 is 1.63 bits per heavy atom. The number of nitrogens with one attached hydrogen (secondary N) is 1. The van der Waals surface area contributed by atoms with Crippen molar-refractivity contribution in [3.63, 3.8) is 0 Å². The number of hydrogen-bond donors (Lipinski definition) is 1. The van der Waals surface area contributed by atoms with Gasteiger partial charge in [-0.1, -0.05) is 36.7 Å². The topological polar surface area (TPSA) is 86.8 Å². The molecule has 0 radical (unpaired) electrons. The van der Waals surface area contributed by atoms with E-state index < -0.39 is 34.1 Å². The van der Waals surface area contributed by atoms with Gasteiger partial charge in [0.1, 0.15) is 12.6 Å². The molecule has 0 unspecified atom stereocenters. The maximum absolute atomic E-state index is 13.7. The molecule has 2 aromatic carbocycles. The van der Waals surface area contributed by atoms with Gasteiger partial charge in [0.05, 0.1) is 11.9 Å². The Bertz CT molecular complexity index is 1160. The number of anilines is 1. The second-order valence-electron chi connectivity index (χ2n) is 9.85. The van der Waals surface area contributed by atoms with Gasteiger partial charge in [-0.25, -0.2) is 8.42 Å². The van der Waals surface area contributed by atoms with Crippen LogP contribution in [0.2, 0.25) is 5.02 Å². The van der Waals surface area contributed by atoms with Gasteiger partial charge in [0.2, 0.25) is 21.8 Å². The van der Waals surface area contributed by atoms with Crippen molar-refractivity contribution in [1.29, 1.82) is 0 Å². The minimum atomic E-state index is -3.77. The van der Waals surface area contributed by atoms with E-state index in [4.69, 9.17) is 11.6 Å². The minimum absolute atomic E-state index is 0.136. The van der Waals surface area contributed by atoms with Gasteiger partial charge in [-0.15, -0.1) is 0 Å². The summed E-state index contributed by atoms with van der Waals surface area (Å²) < 4.78 is 26.5. The van der Waals surface area contributed by atoms with Crippen molar-refractivity contribution < 1.29 is 18.0 Å². The predicted octanol–water partition coefficient (Wildman–Crippen LogP) is 4.44. The van der Waals surface area contributed by atoms with Crippen molar-refractivity contribution in [2.75, 3.05) is 17.1 Å². The summed E-state index contributed by atoms with van der Waals surface area (Å²) in [5.74, 6) is -0.765. The molecule has 0 aliphatic rings. The van der Waals surface area contributed by atoms with Crippen molar-refractivity contribution in [3.8, 4) is 0 Å². The van der Waals surface area contributed by atoms with E-state index in [1.165, 1.54) is 4.90 Å². The molecule has 7 nitrogen and oxygen atoms in total. The summed E-state index contributed by atoms with van der Waals surface area (Å²) in [5.41, 5.74) is 2.63. The Balaban J connectivity index is 2.47. The molecular weight excluding hydrogens is 486 g/mol. The highest BCUT2D eigenvalue weighted by molar-refractivity contribution is 7.92. The fourth-order valence-corrected chi connectivity index (χ4v) is 4.62. The molecule has 0 saturated carbocycles. The third kappa shape index (κ3) is 8.25. The number of rotatable bonds is 9. The van der Waals surface area contributed by atoms with Gasteiger partial charge in [0, 0.05) is 17.1 Å². The lowest BCUT2D eigenvalue weighted by atomic mass is 10.1. The molecule has 0 bridgehead atoms. The summed E-state index contributed by atoms with van der Waals surface area (Å²) in [6.45, 7) is 11.0. The Morgan fingerprint density at radius 3 is 2.11 bits per heavy atom. The van der Waals surface area contributed by atoms with Gasteiger partial charge in [0.15, 0.2) is 0 Å². The second-order valence-corrected chi connectivity index (χ2v) is 12.2. The zero-order chi connectivity index (χ0) is 26.6. The van der Waals surface area contributed by atoms with Gasteiger partial charge in [0.25, 0.3) is 0 Å². The van der Waals surface area contributed by atoms with Gasteiger partial charge < -0.3 is 10.2 Å². The molecule has 0 aliphatic carbocycles. The van der Waals surface area contributed by atoms with Crippen molar-refractivity contribution in [3.05, 3.63) is 64.2 Å². The summed E-state index contributed by atoms with van der Waals surface area (Å²) in [6, 6.07) is 11.5. The molecule has 0 spiro atoms. The van der Waals surface area contributed by atoms with E-state index in [0.717, 1.165) is 27.3 Å². The second kappa shape index (κ2) is 11.4. The van der Waals surface area contributed by atoms with Crippen LogP contribution in [0.3, 0.4) is 0 Å². The summed E-state index contributed by atoms with van der Waals surface area (Å²) >= 11 is 6.02. The molecule has 0 saturated heterocycles. The first-order chi connectivity index (χ1) is 16.1. The highest BCUT2D eigenvalue weighted by Crippen LogP contribution is 2.23. The van der Waals surface area contributed by atoms with Crippen molar-refractivity contribution in [2.24, 2.45) is 0 Å². The normalized spacial score (nSPS) is 12.7. The molecule has 2 amide bonds. The van der Waals surface area contributed by atoms with Crippen LogP contribution in [0.15, 0.2) is 42.5 Å². The third-order valence-electron chi connectivity index (χ3n) is 5.61. The van der Waals surface area contributed by atoms with E-state index in [0.29, 0.717) is 17.1 Å². The van der Waals surface area contributed by atoms with Gasteiger partial charge >= 0.3 is 0 Å². The lowest BCUT2D eigenvalue weighted by Crippen LogP contribution is -2.55. The van der Waals surface area contributed by atoms with Gasteiger partial charge in [-0.3, -0.25) is 13.9 Å². The van der Waals surface area contributed by atoms with Crippen LogP contribution in [0.5, 0.6) is 0 Å². The molecule has 1 atom stereocenters. The van der Waals surface area contributed by atoms with Crippen LogP contribution in [-0.2, 0) is 26.2 Å². The molecule has 9 heteroatoms. The number of hydrogen-bond acceptors (Lipinski definition) is 4. The maximum Gasteiger partial charge on any atom is 0.244 e. The number of sulfonamides is 1. The Morgan fingerprint density at radius 1 is 1.03 bits per heavy atom. The van der Waals surface area contributed by atoms with Crippen LogP contribution in [0.1, 0.15) is 50.8 Å². The van der Waals surface area contributed by atoms with E-state index in [1.807, 2.05) is 47.6 Å². The first kappa shape index (κ1) is 28.7. The average molecular weight is 522 g/mol. The molecule has 0 heterocycles. The van der Waals surface area contributed by atoms with Crippen molar-refractivity contribution in [2.45, 2.75) is 66.1 Å². The summed E-state index contributed by atoms with van der Waals surface area (Å²) in [7, 11) is -3.77. The molecule has 2 aromatic rings. The summed E-state index contributed by atoms with van der Waals surface area (Å²) in [5, 5.41) is 3.50. The first-order valence-corrected chi connectivity index (χ1v) is 13.8. The number of halogens is 1. The molecular formula is C26H36ClN3O4S. The largest absolute Gasteiger partial charge is 0.350 e. The Hall–Kier alpha value is -2.58. The van der Waals surface area contributed by atoms with E-state index >= 15 is 0 Å². The van der Waals surface area contributed by atoms with Crippen LogP contribution in [0.25, 0.3) is 0 Å². The Labute approximate surface area is 214 Å². The van der Waals surface area contributed by atoms with Gasteiger partial charge in [-0.2, -0.15) is 0 Å². The number of benzene rings is 2. The standard InChI is InChI=1S/C26H36ClN3O4S/c1-8-23(25(32)28-26(4,5)6)29(16-20-10-12-21(27)13-11-20)24(31)17-30(35(7,33)34)22-14-9-18(2)19(3)15-22/h9-15,23H,8,16-17H2,1-7H3,(H,28,32)/t23-/m0/s1. The lowest BCUT2D eigenvalue weighted by Gasteiger charge is -2.34. The van der Waals surface area contributed by atoms with Crippen LogP contribution in [-0.4, -0.2) is 49.5 Å². The molecule has 0 aliphatic heterocycles. The van der Waals surface area contributed by atoms with E-state index in [-0.39, 0.29) is 12.5 Å². The van der Waals surface area contributed by atoms with Crippen LogP contribution >= 0.6 is 11.6 Å².